The maximum Gasteiger partial charge on any atom is 0.223 e. The Kier molecular flexibility index (Phi) is 7.31. The summed E-state index contributed by atoms with van der Waals surface area (Å²) >= 11 is 0. The van der Waals surface area contributed by atoms with Crippen molar-refractivity contribution in [3.8, 4) is 11.5 Å². The third-order valence-electron chi connectivity index (χ3n) is 5.16. The van der Waals surface area contributed by atoms with Gasteiger partial charge in [0.25, 0.3) is 0 Å². The highest BCUT2D eigenvalue weighted by Crippen LogP contribution is 2.20. The molecule has 0 unspecified atom stereocenters. The molecule has 150 valence electrons. The number of amides is 1. The highest BCUT2D eigenvalue weighted by molar-refractivity contribution is 5.78. The van der Waals surface area contributed by atoms with E-state index in [-0.39, 0.29) is 11.8 Å². The largest absolute Gasteiger partial charge is 0.497 e. The molecule has 0 aromatic heterocycles. The van der Waals surface area contributed by atoms with Crippen LogP contribution in [0.15, 0.2) is 48.5 Å². The lowest BCUT2D eigenvalue weighted by Crippen LogP contribution is -2.41. The quantitative estimate of drug-likeness (QED) is 0.711. The first-order chi connectivity index (χ1) is 13.6. The van der Waals surface area contributed by atoms with Gasteiger partial charge in [-0.3, -0.25) is 9.69 Å². The Bertz CT molecular complexity index is 770. The zero-order valence-corrected chi connectivity index (χ0v) is 16.8. The number of ether oxygens (including phenoxy) is 2. The number of hydrogen-bond donors (Lipinski definition) is 1. The molecule has 1 saturated heterocycles. The standard InChI is InChI=1S/C23H30N2O3/c1-18-5-3-6-19(15-18)17-25-12-9-20(10-13-25)23(26)24-11-14-28-22-8-4-7-21(16-22)27-2/h3-8,15-16,20H,9-14,17H2,1-2H3,(H,24,26). The normalized spacial score (nSPS) is 15.2. The van der Waals surface area contributed by atoms with Gasteiger partial charge in [-0.25, -0.2) is 0 Å². The van der Waals surface area contributed by atoms with Gasteiger partial charge in [-0.05, 0) is 50.6 Å². The van der Waals surface area contributed by atoms with Gasteiger partial charge in [0.2, 0.25) is 5.91 Å². The minimum Gasteiger partial charge on any atom is -0.497 e. The van der Waals surface area contributed by atoms with Crippen LogP contribution >= 0.6 is 0 Å². The summed E-state index contributed by atoms with van der Waals surface area (Å²) in [5.74, 6) is 1.76. The second kappa shape index (κ2) is 10.1. The number of methoxy groups -OCH3 is 1. The van der Waals surface area contributed by atoms with Crippen LogP contribution in [-0.4, -0.2) is 44.2 Å². The van der Waals surface area contributed by atoms with Gasteiger partial charge >= 0.3 is 0 Å². The summed E-state index contributed by atoms with van der Waals surface area (Å²) in [6.45, 7) is 5.98. The van der Waals surface area contributed by atoms with E-state index in [4.69, 9.17) is 9.47 Å². The Hall–Kier alpha value is -2.53. The fraction of sp³-hybridized carbons (Fsp3) is 0.435. The van der Waals surface area contributed by atoms with Crippen LogP contribution in [0.3, 0.4) is 0 Å². The molecule has 5 nitrogen and oxygen atoms in total. The Balaban J connectivity index is 1.34. The molecule has 2 aromatic rings. The molecule has 1 aliphatic heterocycles. The molecule has 0 spiro atoms. The van der Waals surface area contributed by atoms with E-state index in [1.807, 2.05) is 24.3 Å². The minimum atomic E-state index is 0.102. The lowest BCUT2D eigenvalue weighted by Gasteiger charge is -2.31. The summed E-state index contributed by atoms with van der Waals surface area (Å²) in [7, 11) is 1.63. The van der Waals surface area contributed by atoms with Crippen LogP contribution in [0.4, 0.5) is 0 Å². The van der Waals surface area contributed by atoms with E-state index in [2.05, 4.69) is 41.4 Å². The third kappa shape index (κ3) is 5.99. The Morgan fingerprint density at radius 2 is 1.86 bits per heavy atom. The maximum absolute atomic E-state index is 12.4. The van der Waals surface area contributed by atoms with Crippen molar-refractivity contribution in [3.63, 3.8) is 0 Å². The molecule has 0 atom stereocenters. The summed E-state index contributed by atoms with van der Waals surface area (Å²) in [5.41, 5.74) is 2.64. The molecule has 0 bridgehead atoms. The smallest absolute Gasteiger partial charge is 0.223 e. The van der Waals surface area contributed by atoms with E-state index < -0.39 is 0 Å². The van der Waals surface area contributed by atoms with Gasteiger partial charge in [-0.2, -0.15) is 0 Å². The molecule has 2 aromatic carbocycles. The molecule has 1 fully saturated rings. The van der Waals surface area contributed by atoms with Crippen LogP contribution in [0, 0.1) is 12.8 Å². The van der Waals surface area contributed by atoms with Gasteiger partial charge in [0.15, 0.2) is 0 Å². The molecule has 1 N–H and O–H groups in total. The van der Waals surface area contributed by atoms with Gasteiger partial charge in [0.05, 0.1) is 13.7 Å². The molecule has 28 heavy (non-hydrogen) atoms. The number of benzene rings is 2. The zero-order chi connectivity index (χ0) is 19.8. The van der Waals surface area contributed by atoms with Crippen molar-refractivity contribution in [1.82, 2.24) is 10.2 Å². The SMILES string of the molecule is COc1cccc(OCCNC(=O)C2CCN(Cc3cccc(C)c3)CC2)c1. The number of rotatable bonds is 8. The molecule has 0 radical (unpaired) electrons. The predicted molar refractivity (Wildman–Crippen MR) is 111 cm³/mol. The molecule has 0 saturated carbocycles. The van der Waals surface area contributed by atoms with Crippen molar-refractivity contribution in [2.45, 2.75) is 26.3 Å². The summed E-state index contributed by atoms with van der Waals surface area (Å²) in [5, 5.41) is 3.01. The van der Waals surface area contributed by atoms with Crippen molar-refractivity contribution in [2.75, 3.05) is 33.4 Å². The van der Waals surface area contributed by atoms with Gasteiger partial charge in [-0.1, -0.05) is 35.9 Å². The van der Waals surface area contributed by atoms with Crippen LogP contribution in [0.25, 0.3) is 0 Å². The van der Waals surface area contributed by atoms with Crippen molar-refractivity contribution >= 4 is 5.91 Å². The Morgan fingerprint density at radius 3 is 2.61 bits per heavy atom. The number of carbonyl (C=O) groups is 1. The van der Waals surface area contributed by atoms with E-state index in [1.54, 1.807) is 7.11 Å². The number of piperidine rings is 1. The summed E-state index contributed by atoms with van der Waals surface area (Å²) < 4.78 is 10.9. The molecule has 3 rings (SSSR count). The number of hydrogen-bond acceptors (Lipinski definition) is 4. The van der Waals surface area contributed by atoms with Crippen molar-refractivity contribution < 1.29 is 14.3 Å². The third-order valence-corrected chi connectivity index (χ3v) is 5.16. The topological polar surface area (TPSA) is 50.8 Å². The van der Waals surface area contributed by atoms with Crippen LogP contribution in [0.1, 0.15) is 24.0 Å². The first-order valence-corrected chi connectivity index (χ1v) is 9.96. The van der Waals surface area contributed by atoms with Crippen LogP contribution < -0.4 is 14.8 Å². The van der Waals surface area contributed by atoms with Gasteiger partial charge < -0.3 is 14.8 Å². The Morgan fingerprint density at radius 1 is 1.11 bits per heavy atom. The molecule has 1 amide bonds. The number of carbonyl (C=O) groups excluding carboxylic acids is 1. The highest BCUT2D eigenvalue weighted by Gasteiger charge is 2.24. The number of likely N-dealkylation sites (tertiary alicyclic amines) is 1. The zero-order valence-electron chi connectivity index (χ0n) is 16.8. The molecular formula is C23H30N2O3. The second-order valence-corrected chi connectivity index (χ2v) is 7.36. The fourth-order valence-electron chi connectivity index (χ4n) is 3.60. The van der Waals surface area contributed by atoms with Crippen molar-refractivity contribution in [2.24, 2.45) is 5.92 Å². The molecule has 1 aliphatic rings. The van der Waals surface area contributed by atoms with Crippen LogP contribution in [0.5, 0.6) is 11.5 Å². The van der Waals surface area contributed by atoms with E-state index in [9.17, 15) is 4.79 Å². The van der Waals surface area contributed by atoms with E-state index >= 15 is 0 Å². The number of nitrogens with zero attached hydrogens (tertiary/aromatic N) is 1. The first-order valence-electron chi connectivity index (χ1n) is 9.96. The average Bonchev–Trinajstić information content (AvgIpc) is 2.72. The monoisotopic (exact) mass is 382 g/mol. The maximum atomic E-state index is 12.4. The summed E-state index contributed by atoms with van der Waals surface area (Å²) in [4.78, 5) is 14.8. The van der Waals surface area contributed by atoms with E-state index in [1.165, 1.54) is 11.1 Å². The molecular weight excluding hydrogens is 352 g/mol. The average molecular weight is 383 g/mol. The van der Waals surface area contributed by atoms with Crippen LogP contribution in [-0.2, 0) is 11.3 Å². The van der Waals surface area contributed by atoms with Gasteiger partial charge in [0.1, 0.15) is 18.1 Å². The summed E-state index contributed by atoms with van der Waals surface area (Å²) in [6.07, 6.45) is 1.82. The first kappa shape index (κ1) is 20.2. The molecule has 5 heteroatoms. The summed E-state index contributed by atoms with van der Waals surface area (Å²) in [6, 6.07) is 16.1. The number of aryl methyl sites for hydroxylation is 1. The minimum absolute atomic E-state index is 0.102. The molecule has 0 aliphatic carbocycles. The number of nitrogens with one attached hydrogen (secondary N) is 1. The van der Waals surface area contributed by atoms with Gasteiger partial charge in [-0.15, -0.1) is 0 Å². The molecule has 1 heterocycles. The van der Waals surface area contributed by atoms with Crippen LogP contribution in [0.2, 0.25) is 0 Å². The second-order valence-electron chi connectivity index (χ2n) is 7.36. The van der Waals surface area contributed by atoms with E-state index in [0.29, 0.717) is 13.2 Å². The van der Waals surface area contributed by atoms with Crippen molar-refractivity contribution in [3.05, 3.63) is 59.7 Å². The van der Waals surface area contributed by atoms with Gasteiger partial charge in [0, 0.05) is 18.5 Å². The van der Waals surface area contributed by atoms with E-state index in [0.717, 1.165) is 44.0 Å². The van der Waals surface area contributed by atoms with Crippen molar-refractivity contribution in [1.29, 1.82) is 0 Å². The lowest BCUT2D eigenvalue weighted by molar-refractivity contribution is -0.126. The highest BCUT2D eigenvalue weighted by atomic mass is 16.5. The fourth-order valence-corrected chi connectivity index (χ4v) is 3.60. The Labute approximate surface area is 167 Å². The predicted octanol–water partition coefficient (Wildman–Crippen LogP) is 3.41. The lowest BCUT2D eigenvalue weighted by atomic mass is 9.95.